The summed E-state index contributed by atoms with van der Waals surface area (Å²) in [6, 6.07) is 9.80. The van der Waals surface area contributed by atoms with Crippen molar-refractivity contribution in [1.82, 2.24) is 0 Å². The van der Waals surface area contributed by atoms with E-state index < -0.39 is 11.7 Å². The smallest absolute Gasteiger partial charge is 0.166 e. The van der Waals surface area contributed by atoms with Gasteiger partial charge in [-0.15, -0.1) is 0 Å². The number of allylic oxidation sites excluding steroid dienone is 2. The summed E-state index contributed by atoms with van der Waals surface area (Å²) in [6.45, 7) is 10.4. The first kappa shape index (κ1) is 19.5. The van der Waals surface area contributed by atoms with Gasteiger partial charge in [-0.1, -0.05) is 37.4 Å². The van der Waals surface area contributed by atoms with Gasteiger partial charge in [-0.25, -0.2) is 0 Å². The Labute approximate surface area is 159 Å². The molecule has 27 heavy (non-hydrogen) atoms. The van der Waals surface area contributed by atoms with E-state index in [2.05, 4.69) is 32.2 Å². The number of hydrogen-bond donors (Lipinski definition) is 0. The van der Waals surface area contributed by atoms with Gasteiger partial charge in [0.15, 0.2) is 0 Å². The monoisotopic (exact) mass is 370 g/mol. The van der Waals surface area contributed by atoms with E-state index in [9.17, 15) is 13.2 Å². The van der Waals surface area contributed by atoms with Crippen LogP contribution in [0.15, 0.2) is 49.6 Å². The Morgan fingerprint density at radius 2 is 1.44 bits per heavy atom. The second-order valence-corrected chi connectivity index (χ2v) is 7.43. The summed E-state index contributed by atoms with van der Waals surface area (Å²) in [5.74, 6) is 0. The van der Waals surface area contributed by atoms with Crippen LogP contribution in [0.4, 0.5) is 13.2 Å². The zero-order chi connectivity index (χ0) is 19.6. The predicted molar refractivity (Wildman–Crippen MR) is 107 cm³/mol. The molecule has 1 aliphatic carbocycles. The molecule has 0 radical (unpaired) electrons. The van der Waals surface area contributed by atoms with Gasteiger partial charge in [0.1, 0.15) is 0 Å². The maximum Gasteiger partial charge on any atom is 0.416 e. The van der Waals surface area contributed by atoms with Gasteiger partial charge < -0.3 is 0 Å². The van der Waals surface area contributed by atoms with Crippen molar-refractivity contribution in [2.45, 2.75) is 51.6 Å². The van der Waals surface area contributed by atoms with Gasteiger partial charge in [0.2, 0.25) is 0 Å². The molecule has 142 valence electrons. The first-order chi connectivity index (χ1) is 12.8. The highest BCUT2D eigenvalue weighted by Gasteiger charge is 2.30. The van der Waals surface area contributed by atoms with Crippen molar-refractivity contribution in [2.75, 3.05) is 0 Å². The second kappa shape index (κ2) is 7.75. The average molecular weight is 370 g/mol. The minimum absolute atomic E-state index is 0.631. The minimum atomic E-state index is -4.31. The van der Waals surface area contributed by atoms with E-state index in [0.29, 0.717) is 6.42 Å². The van der Waals surface area contributed by atoms with Crippen LogP contribution in [0.25, 0.3) is 11.1 Å². The van der Waals surface area contributed by atoms with Crippen LogP contribution in [-0.2, 0) is 19.0 Å². The number of alkyl halides is 3. The highest BCUT2D eigenvalue weighted by Crippen LogP contribution is 2.33. The molecule has 3 rings (SSSR count). The largest absolute Gasteiger partial charge is 0.416 e. The van der Waals surface area contributed by atoms with Gasteiger partial charge in [-0.05, 0) is 96.5 Å². The van der Waals surface area contributed by atoms with Gasteiger partial charge in [-0.2, -0.15) is 13.2 Å². The maximum atomic E-state index is 12.7. The molecule has 0 fully saturated rings. The van der Waals surface area contributed by atoms with E-state index in [-0.39, 0.29) is 0 Å². The molecule has 0 bridgehead atoms. The molecule has 0 atom stereocenters. The van der Waals surface area contributed by atoms with Crippen molar-refractivity contribution < 1.29 is 13.2 Å². The molecule has 1 aliphatic rings. The molecule has 0 saturated carbocycles. The first-order valence-corrected chi connectivity index (χ1v) is 9.41. The van der Waals surface area contributed by atoms with Gasteiger partial charge >= 0.3 is 6.18 Å². The van der Waals surface area contributed by atoms with Crippen LogP contribution in [0.2, 0.25) is 0 Å². The molecule has 0 aliphatic heterocycles. The highest BCUT2D eigenvalue weighted by atomic mass is 19.4. The van der Waals surface area contributed by atoms with E-state index in [1.54, 1.807) is 0 Å². The number of halogens is 3. The van der Waals surface area contributed by atoms with Gasteiger partial charge in [0.25, 0.3) is 0 Å². The Bertz CT molecular complexity index is 854. The lowest BCUT2D eigenvalue weighted by Crippen LogP contribution is -2.05. The summed E-state index contributed by atoms with van der Waals surface area (Å²) in [6.07, 6.45) is 1.92. The molecule has 2 aromatic carbocycles. The molecule has 0 N–H and O–H groups in total. The third kappa shape index (κ3) is 4.52. The summed E-state index contributed by atoms with van der Waals surface area (Å²) in [5, 5.41) is 0. The van der Waals surface area contributed by atoms with Crippen molar-refractivity contribution in [3.8, 4) is 0 Å². The molecule has 0 saturated heterocycles. The van der Waals surface area contributed by atoms with Crippen molar-refractivity contribution in [1.29, 1.82) is 0 Å². The van der Waals surface area contributed by atoms with Crippen molar-refractivity contribution >= 4 is 11.1 Å². The molecule has 0 aromatic heterocycles. The third-order valence-electron chi connectivity index (χ3n) is 5.42. The molecule has 3 heteroatoms. The summed E-state index contributed by atoms with van der Waals surface area (Å²) in [5.41, 5.74) is 7.37. The fourth-order valence-corrected chi connectivity index (χ4v) is 3.77. The summed E-state index contributed by atoms with van der Waals surface area (Å²) < 4.78 is 38.1. The van der Waals surface area contributed by atoms with Crippen LogP contribution in [-0.4, -0.2) is 0 Å². The number of rotatable bonds is 5. The second-order valence-electron chi connectivity index (χ2n) is 7.43. The predicted octanol–water partition coefficient (Wildman–Crippen LogP) is 7.40. The molecule has 0 unspecified atom stereocenters. The van der Waals surface area contributed by atoms with E-state index in [0.717, 1.165) is 48.1 Å². The van der Waals surface area contributed by atoms with Crippen LogP contribution in [0.5, 0.6) is 0 Å². The number of fused-ring (bicyclic) bond motifs is 1. The lowest BCUT2D eigenvalue weighted by atomic mass is 9.86. The summed E-state index contributed by atoms with van der Waals surface area (Å²) >= 11 is 0. The number of aryl methyl sites for hydroxylation is 3. The van der Waals surface area contributed by atoms with Crippen molar-refractivity contribution in [3.63, 3.8) is 0 Å². The Hall–Kier alpha value is -2.29. The normalized spacial score (nSPS) is 13.9. The van der Waals surface area contributed by atoms with E-state index >= 15 is 0 Å². The zero-order valence-electron chi connectivity index (χ0n) is 15.8. The van der Waals surface area contributed by atoms with Gasteiger partial charge in [-0.3, -0.25) is 0 Å². The maximum absolute atomic E-state index is 12.7. The van der Waals surface area contributed by atoms with Crippen molar-refractivity contribution in [2.24, 2.45) is 0 Å². The quantitative estimate of drug-likeness (QED) is 0.514. The van der Waals surface area contributed by atoms with Crippen LogP contribution in [0, 0.1) is 6.92 Å². The number of hydrogen-bond acceptors (Lipinski definition) is 0. The van der Waals surface area contributed by atoms with E-state index in [4.69, 9.17) is 0 Å². The van der Waals surface area contributed by atoms with Crippen molar-refractivity contribution in [3.05, 3.63) is 82.9 Å². The van der Waals surface area contributed by atoms with Crippen LogP contribution < -0.4 is 0 Å². The molecule has 0 nitrogen and oxygen atoms in total. The highest BCUT2D eigenvalue weighted by molar-refractivity contribution is 5.71. The van der Waals surface area contributed by atoms with Crippen LogP contribution in [0.1, 0.15) is 59.1 Å². The minimum Gasteiger partial charge on any atom is -0.166 e. The molecular formula is C24H25F3. The average Bonchev–Trinajstić information content (AvgIpc) is 2.64. The molecular weight excluding hydrogens is 345 g/mol. The van der Waals surface area contributed by atoms with Crippen LogP contribution in [0.3, 0.4) is 0 Å². The third-order valence-corrected chi connectivity index (χ3v) is 5.42. The topological polar surface area (TPSA) is 0 Å². The van der Waals surface area contributed by atoms with Gasteiger partial charge in [0.05, 0.1) is 5.56 Å². The van der Waals surface area contributed by atoms with Gasteiger partial charge in [0, 0.05) is 0 Å². The molecule has 2 aromatic rings. The number of benzene rings is 2. The summed E-state index contributed by atoms with van der Waals surface area (Å²) in [7, 11) is 0. The Morgan fingerprint density at radius 1 is 0.889 bits per heavy atom. The zero-order valence-corrected chi connectivity index (χ0v) is 15.8. The van der Waals surface area contributed by atoms with E-state index in [1.807, 2.05) is 0 Å². The standard InChI is InChI=1S/C24H25F3/c1-16(19-10-12-22(13-11-19)24(25,26)27)8-9-17(2)23-15-21-7-5-4-6-20(21)14-18(23)3/h10-15H,1-2,4-9H2,3H3. The lowest BCUT2D eigenvalue weighted by Gasteiger charge is -2.20. The Morgan fingerprint density at radius 3 is 2.04 bits per heavy atom. The Balaban J connectivity index is 1.66. The van der Waals surface area contributed by atoms with E-state index in [1.165, 1.54) is 47.2 Å². The van der Waals surface area contributed by atoms with Crippen LogP contribution >= 0.6 is 0 Å². The lowest BCUT2D eigenvalue weighted by molar-refractivity contribution is -0.137. The molecule has 0 heterocycles. The molecule has 0 spiro atoms. The fourth-order valence-electron chi connectivity index (χ4n) is 3.77. The molecule has 0 amide bonds. The fraction of sp³-hybridized carbons (Fsp3) is 0.333. The Kier molecular flexibility index (Phi) is 5.59. The first-order valence-electron chi connectivity index (χ1n) is 9.41. The SMILES string of the molecule is C=C(CCC(=C)c1cc2c(cc1C)CCCC2)c1ccc(C(F)(F)F)cc1. The summed E-state index contributed by atoms with van der Waals surface area (Å²) in [4.78, 5) is 0.